The molecule has 1 atom stereocenters. The van der Waals surface area contributed by atoms with Gasteiger partial charge in [-0.15, -0.1) is 5.10 Å². The predicted octanol–water partition coefficient (Wildman–Crippen LogP) is 2.43. The van der Waals surface area contributed by atoms with E-state index < -0.39 is 5.97 Å². The van der Waals surface area contributed by atoms with Gasteiger partial charge < -0.3 is 9.47 Å². The molecule has 1 aliphatic heterocycles. The van der Waals surface area contributed by atoms with Crippen molar-refractivity contribution in [3.63, 3.8) is 0 Å². The Morgan fingerprint density at radius 3 is 2.81 bits per heavy atom. The van der Waals surface area contributed by atoms with Crippen molar-refractivity contribution in [2.24, 2.45) is 0 Å². The van der Waals surface area contributed by atoms with Crippen LogP contribution in [0.25, 0.3) is 11.4 Å². The van der Waals surface area contributed by atoms with Gasteiger partial charge in [0, 0.05) is 12.2 Å². The first-order chi connectivity index (χ1) is 10.3. The van der Waals surface area contributed by atoms with Crippen LogP contribution in [0.3, 0.4) is 0 Å². The number of aromatic nitrogens is 3. The highest BCUT2D eigenvalue weighted by molar-refractivity contribution is 5.86. The Balaban J connectivity index is 2.00. The molecule has 0 aliphatic carbocycles. The summed E-state index contributed by atoms with van der Waals surface area (Å²) >= 11 is 0. The molecule has 1 saturated heterocycles. The minimum atomic E-state index is -0.501. The summed E-state index contributed by atoms with van der Waals surface area (Å²) in [4.78, 5) is 16.2. The van der Waals surface area contributed by atoms with Gasteiger partial charge in [0.25, 0.3) is 0 Å². The topological polar surface area (TPSA) is 66.2 Å². The van der Waals surface area contributed by atoms with E-state index in [1.54, 1.807) is 4.68 Å². The van der Waals surface area contributed by atoms with Crippen molar-refractivity contribution in [3.05, 3.63) is 36.2 Å². The molecule has 6 heteroatoms. The monoisotopic (exact) mass is 287 g/mol. The standard InChI is InChI=1S/C15H17N3O3/c1-20-15(19)14-16-13(11-7-3-2-4-8-11)17-18(14)12-9-5-6-10-21-12/h2-4,7-8,12H,5-6,9-10H2,1H3. The van der Waals surface area contributed by atoms with Gasteiger partial charge >= 0.3 is 5.97 Å². The number of nitrogens with zero attached hydrogens (tertiary/aromatic N) is 3. The van der Waals surface area contributed by atoms with Crippen LogP contribution >= 0.6 is 0 Å². The first-order valence-electron chi connectivity index (χ1n) is 7.01. The number of hydrogen-bond acceptors (Lipinski definition) is 5. The van der Waals surface area contributed by atoms with Crippen LogP contribution in [0.1, 0.15) is 36.1 Å². The van der Waals surface area contributed by atoms with E-state index in [0.29, 0.717) is 12.4 Å². The summed E-state index contributed by atoms with van der Waals surface area (Å²) in [6.45, 7) is 0.672. The van der Waals surface area contributed by atoms with Gasteiger partial charge in [0.1, 0.15) is 0 Å². The fourth-order valence-electron chi connectivity index (χ4n) is 2.38. The number of ether oxygens (including phenoxy) is 2. The molecule has 1 aromatic carbocycles. The lowest BCUT2D eigenvalue weighted by Gasteiger charge is -2.23. The Bertz CT molecular complexity index is 618. The van der Waals surface area contributed by atoms with Crippen molar-refractivity contribution in [1.29, 1.82) is 0 Å². The van der Waals surface area contributed by atoms with Gasteiger partial charge in [-0.25, -0.2) is 14.5 Å². The molecule has 1 unspecified atom stereocenters. The molecule has 0 bridgehead atoms. The molecule has 21 heavy (non-hydrogen) atoms. The zero-order valence-corrected chi connectivity index (χ0v) is 11.9. The fraction of sp³-hybridized carbons (Fsp3) is 0.400. The lowest BCUT2D eigenvalue weighted by Crippen LogP contribution is -2.23. The number of hydrogen-bond donors (Lipinski definition) is 0. The van der Waals surface area contributed by atoms with Gasteiger partial charge in [0.05, 0.1) is 7.11 Å². The Labute approximate surface area is 122 Å². The Morgan fingerprint density at radius 1 is 1.33 bits per heavy atom. The highest BCUT2D eigenvalue weighted by atomic mass is 16.5. The second kappa shape index (κ2) is 6.05. The number of carbonyl (C=O) groups excluding carboxylic acids is 1. The first kappa shape index (κ1) is 13.8. The second-order valence-electron chi connectivity index (χ2n) is 4.88. The Kier molecular flexibility index (Phi) is 3.96. The smallest absolute Gasteiger partial charge is 0.375 e. The zero-order valence-electron chi connectivity index (χ0n) is 11.9. The van der Waals surface area contributed by atoms with E-state index in [2.05, 4.69) is 10.1 Å². The van der Waals surface area contributed by atoms with Gasteiger partial charge in [0.2, 0.25) is 5.82 Å². The average molecular weight is 287 g/mol. The number of benzene rings is 1. The number of esters is 1. The third-order valence-corrected chi connectivity index (χ3v) is 3.46. The molecule has 2 heterocycles. The van der Waals surface area contributed by atoms with Gasteiger partial charge in [0.15, 0.2) is 12.1 Å². The SMILES string of the molecule is COC(=O)c1nc(-c2ccccc2)nn1C1CCCCO1. The van der Waals surface area contributed by atoms with Crippen LogP contribution in [0.5, 0.6) is 0 Å². The summed E-state index contributed by atoms with van der Waals surface area (Å²) in [5, 5.41) is 4.45. The molecule has 0 spiro atoms. The van der Waals surface area contributed by atoms with E-state index in [0.717, 1.165) is 24.8 Å². The Hall–Kier alpha value is -2.21. The van der Waals surface area contributed by atoms with E-state index >= 15 is 0 Å². The molecule has 0 radical (unpaired) electrons. The van der Waals surface area contributed by atoms with Crippen molar-refractivity contribution >= 4 is 5.97 Å². The highest BCUT2D eigenvalue weighted by Gasteiger charge is 2.26. The molecule has 0 saturated carbocycles. The van der Waals surface area contributed by atoms with Gasteiger partial charge in [-0.3, -0.25) is 0 Å². The summed E-state index contributed by atoms with van der Waals surface area (Å²) in [5.74, 6) is 0.187. The molecule has 0 N–H and O–H groups in total. The summed E-state index contributed by atoms with van der Waals surface area (Å²) in [6.07, 6.45) is 2.65. The minimum absolute atomic E-state index is 0.184. The second-order valence-corrected chi connectivity index (χ2v) is 4.88. The lowest BCUT2D eigenvalue weighted by atomic mass is 10.2. The van der Waals surface area contributed by atoms with Gasteiger partial charge in [-0.1, -0.05) is 30.3 Å². The van der Waals surface area contributed by atoms with Crippen LogP contribution < -0.4 is 0 Å². The molecule has 6 nitrogen and oxygen atoms in total. The average Bonchev–Trinajstić information content (AvgIpc) is 3.01. The number of rotatable bonds is 3. The fourth-order valence-corrected chi connectivity index (χ4v) is 2.38. The van der Waals surface area contributed by atoms with E-state index in [4.69, 9.17) is 9.47 Å². The van der Waals surface area contributed by atoms with Crippen LogP contribution in [-0.4, -0.2) is 34.5 Å². The van der Waals surface area contributed by atoms with E-state index in [1.165, 1.54) is 7.11 Å². The third-order valence-electron chi connectivity index (χ3n) is 3.46. The largest absolute Gasteiger partial charge is 0.463 e. The quantitative estimate of drug-likeness (QED) is 0.811. The Morgan fingerprint density at radius 2 is 2.14 bits per heavy atom. The van der Waals surface area contributed by atoms with E-state index in [9.17, 15) is 4.79 Å². The summed E-state index contributed by atoms with van der Waals surface area (Å²) in [7, 11) is 1.34. The molecule has 110 valence electrons. The first-order valence-corrected chi connectivity index (χ1v) is 7.01. The maximum absolute atomic E-state index is 11.9. The van der Waals surface area contributed by atoms with Crippen LogP contribution in [0.4, 0.5) is 0 Å². The van der Waals surface area contributed by atoms with Gasteiger partial charge in [-0.05, 0) is 19.3 Å². The summed E-state index contributed by atoms with van der Waals surface area (Å²) < 4.78 is 12.0. The van der Waals surface area contributed by atoms with Crippen LogP contribution in [0.2, 0.25) is 0 Å². The molecule has 1 aromatic heterocycles. The summed E-state index contributed by atoms with van der Waals surface area (Å²) in [6, 6.07) is 9.55. The van der Waals surface area contributed by atoms with Crippen LogP contribution in [0, 0.1) is 0 Å². The third kappa shape index (κ3) is 2.80. The molecular formula is C15H17N3O3. The van der Waals surface area contributed by atoms with E-state index in [1.807, 2.05) is 30.3 Å². The maximum Gasteiger partial charge on any atom is 0.375 e. The van der Waals surface area contributed by atoms with Crippen molar-refractivity contribution < 1.29 is 14.3 Å². The lowest BCUT2D eigenvalue weighted by molar-refractivity contribution is -0.0417. The normalized spacial score (nSPS) is 18.4. The molecule has 2 aromatic rings. The van der Waals surface area contributed by atoms with Crippen molar-refractivity contribution in [2.45, 2.75) is 25.5 Å². The number of carbonyl (C=O) groups is 1. The number of methoxy groups -OCH3 is 1. The van der Waals surface area contributed by atoms with Crippen LogP contribution in [-0.2, 0) is 9.47 Å². The maximum atomic E-state index is 11.9. The molecule has 1 fully saturated rings. The van der Waals surface area contributed by atoms with Gasteiger partial charge in [-0.2, -0.15) is 0 Å². The zero-order chi connectivity index (χ0) is 14.7. The van der Waals surface area contributed by atoms with Crippen molar-refractivity contribution in [3.8, 4) is 11.4 Å². The predicted molar refractivity (Wildman–Crippen MR) is 75.6 cm³/mol. The van der Waals surface area contributed by atoms with E-state index in [-0.39, 0.29) is 12.1 Å². The highest BCUT2D eigenvalue weighted by Crippen LogP contribution is 2.25. The molecule has 1 aliphatic rings. The molecular weight excluding hydrogens is 270 g/mol. The van der Waals surface area contributed by atoms with Crippen molar-refractivity contribution in [1.82, 2.24) is 14.8 Å². The molecule has 3 rings (SSSR count). The van der Waals surface area contributed by atoms with Crippen LogP contribution in [0.15, 0.2) is 30.3 Å². The minimum Gasteiger partial charge on any atom is -0.463 e. The summed E-state index contributed by atoms with van der Waals surface area (Å²) in [5.41, 5.74) is 0.859. The molecule has 0 amide bonds. The van der Waals surface area contributed by atoms with Crippen molar-refractivity contribution in [2.75, 3.05) is 13.7 Å².